The molecule has 1 aliphatic rings. The summed E-state index contributed by atoms with van der Waals surface area (Å²) in [6, 6.07) is -0.622. The van der Waals surface area contributed by atoms with Gasteiger partial charge >= 0.3 is 0 Å². The predicted octanol–water partition coefficient (Wildman–Crippen LogP) is 3.58. The van der Waals surface area contributed by atoms with Crippen LogP contribution < -0.4 is 5.73 Å². The van der Waals surface area contributed by atoms with E-state index in [-0.39, 0.29) is 12.8 Å². The smallest absolute Gasteiger partial charge is 0.253 e. The number of hydrogen-bond donors (Lipinski definition) is 1. The Morgan fingerprint density at radius 1 is 1.56 bits per heavy atom. The van der Waals surface area contributed by atoms with E-state index in [2.05, 4.69) is 6.58 Å². The van der Waals surface area contributed by atoms with E-state index in [0.717, 1.165) is 12.8 Å². The molecule has 1 nitrogen and oxygen atoms in total. The second-order valence-corrected chi connectivity index (χ2v) is 4.45. The Labute approximate surface area is 95.7 Å². The van der Waals surface area contributed by atoms with Crippen LogP contribution in [0.25, 0.3) is 0 Å². The molecular formula is C13H19F2N. The lowest BCUT2D eigenvalue weighted by Gasteiger charge is -2.22. The number of nitrogens with two attached hydrogens (primary N) is 1. The maximum absolute atomic E-state index is 13.6. The highest BCUT2D eigenvalue weighted by Gasteiger charge is 2.32. The van der Waals surface area contributed by atoms with Crippen LogP contribution in [0.1, 0.15) is 32.6 Å². The highest BCUT2D eigenvalue weighted by atomic mass is 19.3. The van der Waals surface area contributed by atoms with Crippen molar-refractivity contribution >= 4 is 0 Å². The van der Waals surface area contributed by atoms with Crippen molar-refractivity contribution in [3.05, 3.63) is 36.0 Å². The molecule has 0 amide bonds. The van der Waals surface area contributed by atoms with Crippen LogP contribution in [0.4, 0.5) is 8.78 Å². The molecule has 1 aliphatic carbocycles. The van der Waals surface area contributed by atoms with Gasteiger partial charge in [-0.3, -0.25) is 0 Å². The Kier molecular flexibility index (Phi) is 4.42. The number of rotatable bonds is 5. The molecular weight excluding hydrogens is 208 g/mol. The number of halogens is 2. The van der Waals surface area contributed by atoms with Crippen LogP contribution in [0.2, 0.25) is 0 Å². The second kappa shape index (κ2) is 5.39. The maximum atomic E-state index is 13.6. The minimum Gasteiger partial charge on any atom is -0.324 e. The molecule has 0 aliphatic heterocycles. The first-order valence-electron chi connectivity index (χ1n) is 5.55. The summed E-state index contributed by atoms with van der Waals surface area (Å²) >= 11 is 0. The van der Waals surface area contributed by atoms with Gasteiger partial charge in [0.25, 0.3) is 5.92 Å². The van der Waals surface area contributed by atoms with Crippen molar-refractivity contribution in [2.24, 2.45) is 5.73 Å². The van der Waals surface area contributed by atoms with Gasteiger partial charge in [-0.05, 0) is 25.3 Å². The molecule has 16 heavy (non-hydrogen) atoms. The first kappa shape index (κ1) is 13.1. The molecule has 0 bridgehead atoms. The average molecular weight is 227 g/mol. The van der Waals surface area contributed by atoms with Crippen LogP contribution >= 0.6 is 0 Å². The Balaban J connectivity index is 2.53. The van der Waals surface area contributed by atoms with Gasteiger partial charge in [0.05, 0.1) is 0 Å². The Bertz CT molecular complexity index is 316. The summed E-state index contributed by atoms with van der Waals surface area (Å²) in [4.78, 5) is 0. The zero-order valence-electron chi connectivity index (χ0n) is 9.68. The van der Waals surface area contributed by atoms with Gasteiger partial charge in [0.1, 0.15) is 0 Å². The first-order chi connectivity index (χ1) is 7.41. The standard InChI is InChI=1S/C13H19F2N/c1-10(2)12(16)9-13(14,15)8-11-6-4-3-5-7-11/h4,6-7,12H,1,3,5,8-9,16H2,2H3. The summed E-state index contributed by atoms with van der Waals surface area (Å²) in [6.45, 7) is 5.28. The van der Waals surface area contributed by atoms with Crippen LogP contribution in [-0.2, 0) is 0 Å². The minimum atomic E-state index is -2.74. The van der Waals surface area contributed by atoms with Crippen molar-refractivity contribution in [2.45, 2.75) is 44.6 Å². The molecule has 0 heterocycles. The Hall–Kier alpha value is -0.960. The van der Waals surface area contributed by atoms with Gasteiger partial charge in [0.2, 0.25) is 0 Å². The molecule has 3 heteroatoms. The van der Waals surface area contributed by atoms with Crippen molar-refractivity contribution < 1.29 is 8.78 Å². The maximum Gasteiger partial charge on any atom is 0.253 e. The molecule has 0 aromatic heterocycles. The lowest BCUT2D eigenvalue weighted by atomic mass is 9.95. The van der Waals surface area contributed by atoms with Crippen molar-refractivity contribution in [3.8, 4) is 0 Å². The zero-order chi connectivity index (χ0) is 12.2. The van der Waals surface area contributed by atoms with E-state index in [0.29, 0.717) is 11.1 Å². The molecule has 90 valence electrons. The van der Waals surface area contributed by atoms with E-state index >= 15 is 0 Å². The largest absolute Gasteiger partial charge is 0.324 e. The highest BCUT2D eigenvalue weighted by molar-refractivity contribution is 5.23. The summed E-state index contributed by atoms with van der Waals surface area (Å²) < 4.78 is 27.2. The Morgan fingerprint density at radius 3 is 2.75 bits per heavy atom. The average Bonchev–Trinajstić information content (AvgIpc) is 2.17. The number of hydrogen-bond acceptors (Lipinski definition) is 1. The van der Waals surface area contributed by atoms with E-state index in [9.17, 15) is 8.78 Å². The third-order valence-electron chi connectivity index (χ3n) is 2.69. The SMILES string of the molecule is C=C(C)C(N)CC(F)(F)CC1=CCCC=C1. The lowest BCUT2D eigenvalue weighted by molar-refractivity contribution is -0.00973. The van der Waals surface area contributed by atoms with Gasteiger partial charge in [-0.1, -0.05) is 30.4 Å². The molecule has 1 rings (SSSR count). The fourth-order valence-electron chi connectivity index (χ4n) is 1.67. The summed E-state index contributed by atoms with van der Waals surface area (Å²) in [6.07, 6.45) is 6.85. The monoisotopic (exact) mass is 227 g/mol. The van der Waals surface area contributed by atoms with E-state index < -0.39 is 12.0 Å². The van der Waals surface area contributed by atoms with Crippen LogP contribution in [0.3, 0.4) is 0 Å². The molecule has 0 radical (unpaired) electrons. The fourth-order valence-corrected chi connectivity index (χ4v) is 1.67. The van der Waals surface area contributed by atoms with Gasteiger partial charge in [0, 0.05) is 18.9 Å². The highest BCUT2D eigenvalue weighted by Crippen LogP contribution is 2.30. The molecule has 0 aromatic rings. The minimum absolute atomic E-state index is 0.218. The summed E-state index contributed by atoms with van der Waals surface area (Å²) in [7, 11) is 0. The third-order valence-corrected chi connectivity index (χ3v) is 2.69. The van der Waals surface area contributed by atoms with Gasteiger partial charge in [-0.25, -0.2) is 8.78 Å². The predicted molar refractivity (Wildman–Crippen MR) is 63.4 cm³/mol. The van der Waals surface area contributed by atoms with E-state index in [4.69, 9.17) is 5.73 Å². The molecule has 2 N–H and O–H groups in total. The zero-order valence-corrected chi connectivity index (χ0v) is 9.68. The van der Waals surface area contributed by atoms with Crippen molar-refractivity contribution in [1.29, 1.82) is 0 Å². The Morgan fingerprint density at radius 2 is 2.25 bits per heavy atom. The van der Waals surface area contributed by atoms with Crippen molar-refractivity contribution in [1.82, 2.24) is 0 Å². The van der Waals surface area contributed by atoms with Crippen LogP contribution in [0, 0.1) is 0 Å². The first-order valence-corrected chi connectivity index (χ1v) is 5.55. The van der Waals surface area contributed by atoms with Crippen LogP contribution in [-0.4, -0.2) is 12.0 Å². The third kappa shape index (κ3) is 4.27. The number of allylic oxidation sites excluding steroid dienone is 4. The van der Waals surface area contributed by atoms with E-state index in [1.54, 1.807) is 13.0 Å². The summed E-state index contributed by atoms with van der Waals surface area (Å²) in [5.41, 5.74) is 6.91. The van der Waals surface area contributed by atoms with Gasteiger partial charge in [0.15, 0.2) is 0 Å². The van der Waals surface area contributed by atoms with Crippen molar-refractivity contribution in [2.75, 3.05) is 0 Å². The quantitative estimate of drug-likeness (QED) is 0.714. The van der Waals surface area contributed by atoms with E-state index in [1.807, 2.05) is 12.2 Å². The fraction of sp³-hybridized carbons (Fsp3) is 0.538. The molecule has 0 saturated heterocycles. The molecule has 0 aromatic carbocycles. The lowest BCUT2D eigenvalue weighted by Crippen LogP contribution is -2.31. The normalized spacial score (nSPS) is 18.1. The van der Waals surface area contributed by atoms with Gasteiger partial charge < -0.3 is 5.73 Å². The van der Waals surface area contributed by atoms with Crippen molar-refractivity contribution in [3.63, 3.8) is 0 Å². The van der Waals surface area contributed by atoms with Crippen LogP contribution in [0.15, 0.2) is 36.0 Å². The van der Waals surface area contributed by atoms with Gasteiger partial charge in [-0.2, -0.15) is 0 Å². The molecule has 0 fully saturated rings. The van der Waals surface area contributed by atoms with Crippen LogP contribution in [0.5, 0.6) is 0 Å². The topological polar surface area (TPSA) is 26.0 Å². The van der Waals surface area contributed by atoms with Gasteiger partial charge in [-0.15, -0.1) is 0 Å². The summed E-state index contributed by atoms with van der Waals surface area (Å²) in [5.74, 6) is -2.74. The van der Waals surface area contributed by atoms with E-state index in [1.165, 1.54) is 0 Å². The molecule has 1 atom stereocenters. The summed E-state index contributed by atoms with van der Waals surface area (Å²) in [5, 5.41) is 0. The second-order valence-electron chi connectivity index (χ2n) is 4.45. The number of alkyl halides is 2. The molecule has 0 spiro atoms. The molecule has 0 saturated carbocycles. The molecule has 1 unspecified atom stereocenters.